The van der Waals surface area contributed by atoms with Crippen molar-refractivity contribution in [2.45, 2.75) is 36.9 Å². The van der Waals surface area contributed by atoms with E-state index in [1.54, 1.807) is 0 Å². The quantitative estimate of drug-likeness (QED) is 0.236. The van der Waals surface area contributed by atoms with Gasteiger partial charge in [0.05, 0.1) is 25.4 Å². The Bertz CT molecular complexity index is 165. The number of aliphatic hydroxyl groups is 7. The molecule has 7 heteroatoms. The third kappa shape index (κ3) is 4.85. The van der Waals surface area contributed by atoms with E-state index in [1.165, 1.54) is 0 Å². The smallest absolute Gasteiger partial charge is 0.108 e. The van der Waals surface area contributed by atoms with E-state index in [2.05, 4.69) is 0 Å². The lowest BCUT2D eigenvalue weighted by molar-refractivity contribution is -0.102. The Kier molecular flexibility index (Phi) is 6.94. The van der Waals surface area contributed by atoms with Crippen LogP contribution in [0.5, 0.6) is 0 Å². The monoisotopic (exact) mass is 226 g/mol. The van der Waals surface area contributed by atoms with Crippen LogP contribution in [0.2, 0.25) is 0 Å². The second-order valence-electron chi connectivity index (χ2n) is 3.36. The lowest BCUT2D eigenvalue weighted by Crippen LogP contribution is -2.43. The van der Waals surface area contributed by atoms with Crippen LogP contribution in [0.3, 0.4) is 0 Å². The summed E-state index contributed by atoms with van der Waals surface area (Å²) in [6, 6.07) is 0. The van der Waals surface area contributed by atoms with E-state index < -0.39 is 50.2 Å². The maximum atomic E-state index is 9.26. The zero-order valence-corrected chi connectivity index (χ0v) is 8.14. The SMILES string of the molecule is OCC(O)C(O)CC(O)C(O)C(O)CO. The minimum Gasteiger partial charge on any atom is -0.394 e. The van der Waals surface area contributed by atoms with Crippen LogP contribution in [-0.4, -0.2) is 79.5 Å². The zero-order chi connectivity index (χ0) is 12.0. The summed E-state index contributed by atoms with van der Waals surface area (Å²) in [4.78, 5) is 0. The standard InChI is InChI=1S/C8H18O7/c9-2-6(13)4(11)1-5(12)8(15)7(14)3-10/h4-15H,1-3H2. The van der Waals surface area contributed by atoms with Gasteiger partial charge < -0.3 is 35.7 Å². The molecule has 0 aliphatic rings. The van der Waals surface area contributed by atoms with Gasteiger partial charge in [-0.1, -0.05) is 0 Å². The van der Waals surface area contributed by atoms with E-state index in [0.717, 1.165) is 0 Å². The maximum Gasteiger partial charge on any atom is 0.108 e. The van der Waals surface area contributed by atoms with Gasteiger partial charge in [-0.05, 0) is 0 Å². The molecule has 0 fully saturated rings. The number of hydrogen-bond acceptors (Lipinski definition) is 7. The molecule has 15 heavy (non-hydrogen) atoms. The molecule has 7 N–H and O–H groups in total. The van der Waals surface area contributed by atoms with Gasteiger partial charge in [-0.25, -0.2) is 0 Å². The fourth-order valence-corrected chi connectivity index (χ4v) is 1.03. The van der Waals surface area contributed by atoms with Crippen LogP contribution >= 0.6 is 0 Å². The largest absolute Gasteiger partial charge is 0.394 e. The molecule has 0 aromatic rings. The van der Waals surface area contributed by atoms with E-state index in [-0.39, 0.29) is 0 Å². The van der Waals surface area contributed by atoms with Gasteiger partial charge in [0, 0.05) is 6.42 Å². The molecule has 0 rings (SSSR count). The Balaban J connectivity index is 4.06. The minimum atomic E-state index is -1.62. The van der Waals surface area contributed by atoms with Gasteiger partial charge in [0.2, 0.25) is 0 Å². The van der Waals surface area contributed by atoms with E-state index in [0.29, 0.717) is 0 Å². The van der Waals surface area contributed by atoms with Gasteiger partial charge in [0.1, 0.15) is 18.3 Å². The molecular formula is C8H18O7. The highest BCUT2D eigenvalue weighted by Gasteiger charge is 2.28. The van der Waals surface area contributed by atoms with Gasteiger partial charge in [-0.2, -0.15) is 0 Å². The van der Waals surface area contributed by atoms with E-state index in [1.807, 2.05) is 0 Å². The first-order valence-corrected chi connectivity index (χ1v) is 4.56. The molecule has 0 aliphatic carbocycles. The summed E-state index contributed by atoms with van der Waals surface area (Å²) in [6.07, 6.45) is -7.87. The Morgan fingerprint density at radius 2 is 1.07 bits per heavy atom. The summed E-state index contributed by atoms with van der Waals surface area (Å²) in [5.74, 6) is 0. The molecule has 0 aromatic carbocycles. The fourth-order valence-electron chi connectivity index (χ4n) is 1.03. The van der Waals surface area contributed by atoms with Crippen molar-refractivity contribution < 1.29 is 35.7 Å². The molecular weight excluding hydrogens is 208 g/mol. The molecule has 92 valence electrons. The summed E-state index contributed by atoms with van der Waals surface area (Å²) in [5.41, 5.74) is 0. The molecule has 0 aliphatic heterocycles. The van der Waals surface area contributed by atoms with Crippen LogP contribution < -0.4 is 0 Å². The first kappa shape index (κ1) is 14.7. The predicted molar refractivity (Wildman–Crippen MR) is 48.8 cm³/mol. The molecule has 0 bridgehead atoms. The number of aliphatic hydroxyl groups excluding tert-OH is 7. The van der Waals surface area contributed by atoms with Gasteiger partial charge in [-0.15, -0.1) is 0 Å². The van der Waals surface area contributed by atoms with Crippen molar-refractivity contribution in [1.82, 2.24) is 0 Å². The van der Waals surface area contributed by atoms with Crippen LogP contribution in [0, 0.1) is 0 Å². The van der Waals surface area contributed by atoms with Gasteiger partial charge in [0.15, 0.2) is 0 Å². The molecule has 0 radical (unpaired) electrons. The van der Waals surface area contributed by atoms with E-state index >= 15 is 0 Å². The van der Waals surface area contributed by atoms with Gasteiger partial charge >= 0.3 is 0 Å². The molecule has 5 unspecified atom stereocenters. The van der Waals surface area contributed by atoms with Crippen LogP contribution in [0.4, 0.5) is 0 Å². The molecule has 0 amide bonds. The van der Waals surface area contributed by atoms with Crippen LogP contribution in [-0.2, 0) is 0 Å². The average molecular weight is 226 g/mol. The molecule has 0 spiro atoms. The Morgan fingerprint density at radius 3 is 1.47 bits per heavy atom. The second kappa shape index (κ2) is 7.07. The Labute approximate surface area is 86.9 Å². The summed E-state index contributed by atoms with van der Waals surface area (Å²) >= 11 is 0. The highest BCUT2D eigenvalue weighted by atomic mass is 16.4. The first-order chi connectivity index (χ1) is 6.93. The van der Waals surface area contributed by atoms with Crippen LogP contribution in [0.25, 0.3) is 0 Å². The molecule has 0 aromatic heterocycles. The molecule has 0 heterocycles. The number of hydrogen-bond donors (Lipinski definition) is 7. The van der Waals surface area contributed by atoms with Crippen LogP contribution in [0.15, 0.2) is 0 Å². The van der Waals surface area contributed by atoms with Crippen molar-refractivity contribution in [2.75, 3.05) is 13.2 Å². The molecule has 0 saturated carbocycles. The third-order valence-electron chi connectivity index (χ3n) is 2.09. The van der Waals surface area contributed by atoms with E-state index in [9.17, 15) is 10.2 Å². The summed E-state index contributed by atoms with van der Waals surface area (Å²) in [5, 5.41) is 62.4. The molecule has 5 atom stereocenters. The van der Waals surface area contributed by atoms with Crippen molar-refractivity contribution in [3.05, 3.63) is 0 Å². The minimum absolute atomic E-state index is 0.417. The number of rotatable bonds is 7. The lowest BCUT2D eigenvalue weighted by atomic mass is 10.00. The predicted octanol–water partition coefficient (Wildman–Crippen LogP) is -3.83. The van der Waals surface area contributed by atoms with Crippen LogP contribution in [0.1, 0.15) is 6.42 Å². The molecule has 0 saturated heterocycles. The van der Waals surface area contributed by atoms with Crippen molar-refractivity contribution >= 4 is 0 Å². The lowest BCUT2D eigenvalue weighted by Gasteiger charge is -2.24. The van der Waals surface area contributed by atoms with Crippen molar-refractivity contribution in [2.24, 2.45) is 0 Å². The van der Waals surface area contributed by atoms with Gasteiger partial charge in [0.25, 0.3) is 0 Å². The topological polar surface area (TPSA) is 142 Å². The summed E-state index contributed by atoms with van der Waals surface area (Å²) < 4.78 is 0. The second-order valence-corrected chi connectivity index (χ2v) is 3.36. The van der Waals surface area contributed by atoms with Gasteiger partial charge in [-0.3, -0.25) is 0 Å². The third-order valence-corrected chi connectivity index (χ3v) is 2.09. The fraction of sp³-hybridized carbons (Fsp3) is 1.00. The summed E-state index contributed by atoms with van der Waals surface area (Å²) in [6.45, 7) is -1.40. The van der Waals surface area contributed by atoms with Crippen molar-refractivity contribution in [1.29, 1.82) is 0 Å². The Hall–Kier alpha value is -0.280. The maximum absolute atomic E-state index is 9.26. The first-order valence-electron chi connectivity index (χ1n) is 4.56. The Morgan fingerprint density at radius 1 is 0.600 bits per heavy atom. The summed E-state index contributed by atoms with van der Waals surface area (Å²) in [7, 11) is 0. The van der Waals surface area contributed by atoms with E-state index in [4.69, 9.17) is 25.5 Å². The zero-order valence-electron chi connectivity index (χ0n) is 8.14. The normalized spacial score (nSPS) is 21.8. The highest BCUT2D eigenvalue weighted by Crippen LogP contribution is 2.09. The van der Waals surface area contributed by atoms with Crippen molar-refractivity contribution in [3.8, 4) is 0 Å². The highest BCUT2D eigenvalue weighted by molar-refractivity contribution is 4.79. The molecule has 7 nitrogen and oxygen atoms in total. The van der Waals surface area contributed by atoms with Crippen molar-refractivity contribution in [3.63, 3.8) is 0 Å². The average Bonchev–Trinajstić information content (AvgIpc) is 2.25.